The Morgan fingerprint density at radius 3 is 2.66 bits per heavy atom. The van der Waals surface area contributed by atoms with Crippen LogP contribution in [0.1, 0.15) is 46.6 Å². The second-order valence-corrected chi connectivity index (χ2v) is 8.63. The van der Waals surface area contributed by atoms with Crippen LogP contribution in [-0.4, -0.2) is 34.5 Å². The highest BCUT2D eigenvalue weighted by molar-refractivity contribution is 7.15. The lowest BCUT2D eigenvalue weighted by molar-refractivity contribution is -0.117. The number of aromatic nitrogens is 2. The van der Waals surface area contributed by atoms with Crippen LogP contribution in [0.3, 0.4) is 0 Å². The maximum Gasteiger partial charge on any atom is 0.257 e. The van der Waals surface area contributed by atoms with Crippen molar-refractivity contribution < 1.29 is 14.4 Å². The third-order valence-electron chi connectivity index (χ3n) is 5.21. The Balaban J connectivity index is 1.41. The summed E-state index contributed by atoms with van der Waals surface area (Å²) in [6.07, 6.45) is 0.713. The summed E-state index contributed by atoms with van der Waals surface area (Å²) in [6.45, 7) is 4.30. The van der Waals surface area contributed by atoms with Crippen LogP contribution in [0.4, 0.5) is 16.5 Å². The molecule has 32 heavy (non-hydrogen) atoms. The van der Waals surface area contributed by atoms with E-state index in [0.29, 0.717) is 40.8 Å². The van der Waals surface area contributed by atoms with E-state index in [-0.39, 0.29) is 23.6 Å². The van der Waals surface area contributed by atoms with Gasteiger partial charge in [0.05, 0.1) is 0 Å². The Morgan fingerprint density at radius 2 is 1.91 bits per heavy atom. The molecule has 3 amide bonds. The smallest absolute Gasteiger partial charge is 0.257 e. The standard InChI is InChI=1S/C23H23N5O3S/c1-3-19(29)24-17-6-4-5-15(11-17)21(31)25-23-27-26-22(32-23)16-12-20(30)28(13-16)18-9-7-14(2)8-10-18/h4-11,16H,3,12-13H2,1-2H3,(H,24,29)(H,25,27,31). The fourth-order valence-electron chi connectivity index (χ4n) is 3.45. The van der Waals surface area contributed by atoms with Crippen molar-refractivity contribution in [2.75, 3.05) is 22.1 Å². The van der Waals surface area contributed by atoms with Gasteiger partial charge in [-0.2, -0.15) is 0 Å². The number of amides is 3. The molecule has 0 aliphatic carbocycles. The number of nitrogens with zero attached hydrogens (tertiary/aromatic N) is 3. The maximum atomic E-state index is 12.6. The number of carbonyl (C=O) groups excluding carboxylic acids is 3. The lowest BCUT2D eigenvalue weighted by Crippen LogP contribution is -2.24. The summed E-state index contributed by atoms with van der Waals surface area (Å²) in [6, 6.07) is 14.6. The quantitative estimate of drug-likeness (QED) is 0.593. The first-order valence-electron chi connectivity index (χ1n) is 10.3. The highest BCUT2D eigenvalue weighted by Gasteiger charge is 2.34. The summed E-state index contributed by atoms with van der Waals surface area (Å²) in [4.78, 5) is 38.5. The molecule has 8 nitrogen and oxygen atoms in total. The number of rotatable bonds is 6. The van der Waals surface area contributed by atoms with Gasteiger partial charge in [0.15, 0.2) is 0 Å². The van der Waals surface area contributed by atoms with Crippen LogP contribution in [0.25, 0.3) is 0 Å². The highest BCUT2D eigenvalue weighted by Crippen LogP contribution is 2.34. The Hall–Kier alpha value is -3.59. The SMILES string of the molecule is CCC(=O)Nc1cccc(C(=O)Nc2nnc(C3CC(=O)N(c4ccc(C)cc4)C3)s2)c1. The van der Waals surface area contributed by atoms with Crippen molar-refractivity contribution in [3.05, 3.63) is 64.7 Å². The van der Waals surface area contributed by atoms with Crippen molar-refractivity contribution >= 4 is 45.6 Å². The summed E-state index contributed by atoms with van der Waals surface area (Å²) >= 11 is 1.27. The summed E-state index contributed by atoms with van der Waals surface area (Å²) in [5.41, 5.74) is 2.97. The molecule has 1 atom stereocenters. The van der Waals surface area contributed by atoms with Crippen molar-refractivity contribution in [1.82, 2.24) is 10.2 Å². The van der Waals surface area contributed by atoms with Gasteiger partial charge in [-0.05, 0) is 37.3 Å². The Labute approximate surface area is 189 Å². The molecule has 0 spiro atoms. The van der Waals surface area contributed by atoms with Crippen LogP contribution >= 0.6 is 11.3 Å². The van der Waals surface area contributed by atoms with Crippen molar-refractivity contribution in [2.24, 2.45) is 0 Å². The Morgan fingerprint density at radius 1 is 1.12 bits per heavy atom. The van der Waals surface area contributed by atoms with Crippen molar-refractivity contribution in [2.45, 2.75) is 32.6 Å². The van der Waals surface area contributed by atoms with Crippen LogP contribution in [0, 0.1) is 6.92 Å². The lowest BCUT2D eigenvalue weighted by atomic mass is 10.1. The number of hydrogen-bond donors (Lipinski definition) is 2. The molecule has 1 fully saturated rings. The number of hydrogen-bond acceptors (Lipinski definition) is 6. The zero-order valence-electron chi connectivity index (χ0n) is 17.8. The fraction of sp³-hybridized carbons (Fsp3) is 0.261. The molecule has 0 bridgehead atoms. The van der Waals surface area contributed by atoms with Crippen LogP contribution in [0.15, 0.2) is 48.5 Å². The van der Waals surface area contributed by atoms with Gasteiger partial charge in [0.25, 0.3) is 5.91 Å². The minimum Gasteiger partial charge on any atom is -0.326 e. The fourth-order valence-corrected chi connectivity index (χ4v) is 4.28. The second kappa shape index (κ2) is 9.27. The first-order chi connectivity index (χ1) is 15.4. The number of nitrogens with one attached hydrogen (secondary N) is 2. The molecule has 1 aliphatic heterocycles. The van der Waals surface area contributed by atoms with Gasteiger partial charge in [0, 0.05) is 42.2 Å². The molecule has 164 valence electrons. The van der Waals surface area contributed by atoms with E-state index in [1.165, 1.54) is 11.3 Å². The normalized spacial score (nSPS) is 15.6. The van der Waals surface area contributed by atoms with Crippen LogP contribution in [-0.2, 0) is 9.59 Å². The average Bonchev–Trinajstić information content (AvgIpc) is 3.41. The number of aryl methyl sites for hydroxylation is 1. The molecule has 9 heteroatoms. The highest BCUT2D eigenvalue weighted by atomic mass is 32.1. The molecule has 2 heterocycles. The van der Waals surface area contributed by atoms with Gasteiger partial charge in [0.1, 0.15) is 5.01 Å². The molecule has 0 saturated carbocycles. The Kier molecular flexibility index (Phi) is 6.27. The molecule has 1 aliphatic rings. The van der Waals surface area contributed by atoms with Crippen molar-refractivity contribution in [1.29, 1.82) is 0 Å². The largest absolute Gasteiger partial charge is 0.326 e. The van der Waals surface area contributed by atoms with Gasteiger partial charge < -0.3 is 10.2 Å². The van der Waals surface area contributed by atoms with E-state index in [1.54, 1.807) is 36.1 Å². The third kappa shape index (κ3) is 4.83. The van der Waals surface area contributed by atoms with E-state index in [9.17, 15) is 14.4 Å². The topological polar surface area (TPSA) is 104 Å². The van der Waals surface area contributed by atoms with Crippen molar-refractivity contribution in [3.8, 4) is 0 Å². The van der Waals surface area contributed by atoms with Gasteiger partial charge in [0.2, 0.25) is 16.9 Å². The minimum absolute atomic E-state index is 0.0468. The van der Waals surface area contributed by atoms with E-state index in [4.69, 9.17) is 0 Å². The molecule has 1 saturated heterocycles. The number of carbonyl (C=O) groups is 3. The third-order valence-corrected chi connectivity index (χ3v) is 6.21. The van der Waals surface area contributed by atoms with Gasteiger partial charge in [-0.15, -0.1) is 10.2 Å². The monoisotopic (exact) mass is 449 g/mol. The molecule has 2 aromatic carbocycles. The molecule has 4 rings (SSSR count). The van der Waals surface area contributed by atoms with Gasteiger partial charge in [-0.3, -0.25) is 19.7 Å². The van der Waals surface area contributed by atoms with Crippen LogP contribution in [0.5, 0.6) is 0 Å². The summed E-state index contributed by atoms with van der Waals surface area (Å²) in [7, 11) is 0. The zero-order valence-corrected chi connectivity index (χ0v) is 18.6. The van der Waals surface area contributed by atoms with Crippen LogP contribution < -0.4 is 15.5 Å². The molecule has 0 radical (unpaired) electrons. The van der Waals surface area contributed by atoms with Gasteiger partial charge in [-0.25, -0.2) is 0 Å². The lowest BCUT2D eigenvalue weighted by Gasteiger charge is -2.16. The van der Waals surface area contributed by atoms with Crippen molar-refractivity contribution in [3.63, 3.8) is 0 Å². The zero-order chi connectivity index (χ0) is 22.7. The molecule has 3 aromatic rings. The predicted octanol–water partition coefficient (Wildman–Crippen LogP) is 3.97. The number of benzene rings is 2. The van der Waals surface area contributed by atoms with Gasteiger partial charge >= 0.3 is 0 Å². The minimum atomic E-state index is -0.343. The first-order valence-corrected chi connectivity index (χ1v) is 11.2. The van der Waals surface area contributed by atoms with E-state index in [1.807, 2.05) is 31.2 Å². The van der Waals surface area contributed by atoms with Crippen LogP contribution in [0.2, 0.25) is 0 Å². The van der Waals surface area contributed by atoms with E-state index < -0.39 is 0 Å². The van der Waals surface area contributed by atoms with E-state index in [2.05, 4.69) is 20.8 Å². The summed E-state index contributed by atoms with van der Waals surface area (Å²) < 4.78 is 0. The summed E-state index contributed by atoms with van der Waals surface area (Å²) in [5, 5.41) is 14.9. The van der Waals surface area contributed by atoms with E-state index in [0.717, 1.165) is 11.3 Å². The molecule has 2 N–H and O–H groups in total. The molecular formula is C23H23N5O3S. The second-order valence-electron chi connectivity index (χ2n) is 7.62. The maximum absolute atomic E-state index is 12.6. The van der Waals surface area contributed by atoms with E-state index >= 15 is 0 Å². The molecule has 1 unspecified atom stereocenters. The Bertz CT molecular complexity index is 1160. The number of anilines is 3. The average molecular weight is 450 g/mol. The molecular weight excluding hydrogens is 426 g/mol. The van der Waals surface area contributed by atoms with Gasteiger partial charge in [-0.1, -0.05) is 42.0 Å². The first kappa shape index (κ1) is 21.6. The summed E-state index contributed by atoms with van der Waals surface area (Å²) in [5.74, 6) is -0.490. The molecule has 1 aromatic heterocycles. The predicted molar refractivity (Wildman–Crippen MR) is 124 cm³/mol.